The number of carboxylic acid groups (broad SMARTS) is 1. The van der Waals surface area contributed by atoms with E-state index in [1.165, 1.54) is 0 Å². The number of hydrogen-bond donors (Lipinski definition) is 2. The molecular formula is C11H14ClNO2. The van der Waals surface area contributed by atoms with Gasteiger partial charge in [0.2, 0.25) is 0 Å². The van der Waals surface area contributed by atoms with Gasteiger partial charge in [-0.05, 0) is 12.0 Å². The molecule has 1 saturated carbocycles. The van der Waals surface area contributed by atoms with Crippen LogP contribution in [0.15, 0.2) is 30.3 Å². The van der Waals surface area contributed by atoms with E-state index in [2.05, 4.69) is 0 Å². The van der Waals surface area contributed by atoms with E-state index >= 15 is 0 Å². The lowest BCUT2D eigenvalue weighted by atomic mass is 9.93. The normalized spacial score (nSPS) is 32.9. The zero-order valence-electron chi connectivity index (χ0n) is 8.43. The molecule has 0 spiro atoms. The van der Waals surface area contributed by atoms with E-state index in [9.17, 15) is 4.79 Å². The number of halogens is 1. The van der Waals surface area contributed by atoms with Crippen molar-refractivity contribution in [1.82, 2.24) is 0 Å². The molecule has 0 unspecified atom stereocenters. The molecule has 2 rings (SSSR count). The summed E-state index contributed by atoms with van der Waals surface area (Å²) in [7, 11) is 0. The summed E-state index contributed by atoms with van der Waals surface area (Å²) < 4.78 is 0. The van der Waals surface area contributed by atoms with Crippen LogP contribution in [0.1, 0.15) is 18.9 Å². The van der Waals surface area contributed by atoms with Crippen molar-refractivity contribution in [2.45, 2.75) is 24.3 Å². The second-order valence-corrected chi connectivity index (χ2v) is 4.15. The number of carbonyl (C=O) groups is 1. The molecule has 1 aliphatic rings. The van der Waals surface area contributed by atoms with Crippen LogP contribution in [0.3, 0.4) is 0 Å². The van der Waals surface area contributed by atoms with Crippen LogP contribution >= 0.6 is 12.4 Å². The Bertz CT molecular complexity index is 381. The van der Waals surface area contributed by atoms with Crippen LogP contribution in [0.4, 0.5) is 0 Å². The largest absolute Gasteiger partial charge is 0.480 e. The average molecular weight is 228 g/mol. The second kappa shape index (κ2) is 3.51. The summed E-state index contributed by atoms with van der Waals surface area (Å²) in [5, 5.41) is 8.98. The highest BCUT2D eigenvalue weighted by Crippen LogP contribution is 2.55. The predicted molar refractivity (Wildman–Crippen MR) is 60.2 cm³/mol. The molecule has 2 atom stereocenters. The molecule has 3 N–H and O–H groups in total. The van der Waals surface area contributed by atoms with Crippen LogP contribution in [-0.2, 0) is 10.2 Å². The van der Waals surface area contributed by atoms with Crippen molar-refractivity contribution < 1.29 is 9.90 Å². The first-order valence-electron chi connectivity index (χ1n) is 4.58. The first kappa shape index (κ1) is 12.0. The molecule has 0 heterocycles. The molecule has 4 heteroatoms. The van der Waals surface area contributed by atoms with Gasteiger partial charge in [-0.25, -0.2) is 0 Å². The van der Waals surface area contributed by atoms with Gasteiger partial charge in [-0.15, -0.1) is 12.4 Å². The number of hydrogen-bond acceptors (Lipinski definition) is 2. The maximum absolute atomic E-state index is 10.9. The standard InChI is InChI=1S/C11H13NO2.ClH/c1-10(7-11(10,12)9(13)14)8-5-3-2-4-6-8;/h2-6H,7,12H2,1H3,(H,13,14);1H/t10-,11-;/m1./s1. The van der Waals surface area contributed by atoms with Crippen LogP contribution in [0, 0.1) is 0 Å². The summed E-state index contributed by atoms with van der Waals surface area (Å²) in [4.78, 5) is 10.9. The summed E-state index contributed by atoms with van der Waals surface area (Å²) in [5.74, 6) is -0.913. The van der Waals surface area contributed by atoms with Gasteiger partial charge in [0.05, 0.1) is 0 Å². The third kappa shape index (κ3) is 1.52. The number of aliphatic carboxylic acids is 1. The smallest absolute Gasteiger partial charge is 0.324 e. The monoisotopic (exact) mass is 227 g/mol. The fourth-order valence-corrected chi connectivity index (χ4v) is 1.99. The van der Waals surface area contributed by atoms with Crippen molar-refractivity contribution in [3.05, 3.63) is 35.9 Å². The predicted octanol–water partition coefficient (Wildman–Crippen LogP) is 1.55. The fraction of sp³-hybridized carbons (Fsp3) is 0.364. The molecule has 0 radical (unpaired) electrons. The molecule has 0 saturated heterocycles. The van der Waals surface area contributed by atoms with E-state index in [0.717, 1.165) is 5.56 Å². The molecule has 82 valence electrons. The van der Waals surface area contributed by atoms with Gasteiger partial charge in [-0.3, -0.25) is 4.79 Å². The van der Waals surface area contributed by atoms with Gasteiger partial charge in [0.1, 0.15) is 5.54 Å². The van der Waals surface area contributed by atoms with E-state index < -0.39 is 16.9 Å². The lowest BCUT2D eigenvalue weighted by Crippen LogP contribution is -2.40. The van der Waals surface area contributed by atoms with Crippen LogP contribution < -0.4 is 5.73 Å². The minimum absolute atomic E-state index is 0. The Morgan fingerprint density at radius 2 is 1.93 bits per heavy atom. The molecule has 1 aromatic rings. The quantitative estimate of drug-likeness (QED) is 0.806. The molecule has 3 nitrogen and oxygen atoms in total. The average Bonchev–Trinajstić information content (AvgIpc) is 2.74. The molecule has 15 heavy (non-hydrogen) atoms. The zero-order chi connectivity index (χ0) is 10.4. The first-order valence-corrected chi connectivity index (χ1v) is 4.58. The minimum atomic E-state index is -1.08. The number of carboxylic acids is 1. The van der Waals surface area contributed by atoms with Gasteiger partial charge in [-0.1, -0.05) is 37.3 Å². The van der Waals surface area contributed by atoms with Gasteiger partial charge < -0.3 is 10.8 Å². The van der Waals surface area contributed by atoms with Gasteiger partial charge in [0.25, 0.3) is 0 Å². The Morgan fingerprint density at radius 3 is 2.33 bits per heavy atom. The number of benzene rings is 1. The molecule has 0 aromatic heterocycles. The molecule has 1 aliphatic carbocycles. The minimum Gasteiger partial charge on any atom is -0.480 e. The zero-order valence-corrected chi connectivity index (χ0v) is 9.25. The molecule has 0 amide bonds. The summed E-state index contributed by atoms with van der Waals surface area (Å²) in [5.41, 5.74) is 5.33. The Balaban J connectivity index is 0.00000112. The summed E-state index contributed by atoms with van der Waals surface area (Å²) in [6, 6.07) is 9.58. The highest BCUT2D eigenvalue weighted by Gasteiger charge is 2.68. The maximum Gasteiger partial charge on any atom is 0.324 e. The second-order valence-electron chi connectivity index (χ2n) is 4.15. The van der Waals surface area contributed by atoms with Crippen molar-refractivity contribution in [1.29, 1.82) is 0 Å². The van der Waals surface area contributed by atoms with E-state index in [1.807, 2.05) is 37.3 Å². The van der Waals surface area contributed by atoms with Crippen molar-refractivity contribution in [2.75, 3.05) is 0 Å². The third-order valence-electron chi connectivity index (χ3n) is 3.28. The van der Waals surface area contributed by atoms with E-state index in [-0.39, 0.29) is 12.4 Å². The fourth-order valence-electron chi connectivity index (χ4n) is 1.99. The highest BCUT2D eigenvalue weighted by molar-refractivity contribution is 5.86. The van der Waals surface area contributed by atoms with Crippen molar-refractivity contribution in [3.63, 3.8) is 0 Å². The Hall–Kier alpha value is -1.06. The molecule has 0 aliphatic heterocycles. The van der Waals surface area contributed by atoms with Crippen molar-refractivity contribution in [2.24, 2.45) is 5.73 Å². The van der Waals surface area contributed by atoms with E-state index in [0.29, 0.717) is 6.42 Å². The summed E-state index contributed by atoms with van der Waals surface area (Å²) >= 11 is 0. The molecular weight excluding hydrogens is 214 g/mol. The maximum atomic E-state index is 10.9. The van der Waals surface area contributed by atoms with Gasteiger partial charge in [0.15, 0.2) is 0 Å². The van der Waals surface area contributed by atoms with Gasteiger partial charge >= 0.3 is 5.97 Å². The number of nitrogens with two attached hydrogens (primary N) is 1. The van der Waals surface area contributed by atoms with E-state index in [4.69, 9.17) is 10.8 Å². The highest BCUT2D eigenvalue weighted by atomic mass is 35.5. The van der Waals surface area contributed by atoms with E-state index in [1.54, 1.807) is 0 Å². The lowest BCUT2D eigenvalue weighted by Gasteiger charge is -2.14. The van der Waals surface area contributed by atoms with Gasteiger partial charge in [-0.2, -0.15) is 0 Å². The Labute approximate surface area is 94.7 Å². The van der Waals surface area contributed by atoms with Crippen LogP contribution in [0.25, 0.3) is 0 Å². The summed E-state index contributed by atoms with van der Waals surface area (Å²) in [6.07, 6.45) is 0.513. The van der Waals surface area contributed by atoms with Crippen molar-refractivity contribution >= 4 is 18.4 Å². The Morgan fingerprint density at radius 1 is 1.40 bits per heavy atom. The van der Waals surface area contributed by atoms with Crippen LogP contribution in [0.5, 0.6) is 0 Å². The van der Waals surface area contributed by atoms with Crippen LogP contribution in [-0.4, -0.2) is 16.6 Å². The third-order valence-corrected chi connectivity index (χ3v) is 3.28. The first-order chi connectivity index (χ1) is 6.51. The number of rotatable bonds is 2. The topological polar surface area (TPSA) is 63.3 Å². The Kier molecular flexibility index (Phi) is 2.81. The summed E-state index contributed by atoms with van der Waals surface area (Å²) in [6.45, 7) is 1.90. The lowest BCUT2D eigenvalue weighted by molar-refractivity contribution is -0.140. The van der Waals surface area contributed by atoms with Crippen molar-refractivity contribution in [3.8, 4) is 0 Å². The molecule has 1 fully saturated rings. The molecule has 1 aromatic carbocycles. The SMILES string of the molecule is C[C@]1(c2ccccc2)C[C@@]1(N)C(=O)O.Cl. The van der Waals surface area contributed by atoms with Crippen LogP contribution in [0.2, 0.25) is 0 Å². The van der Waals surface area contributed by atoms with Gasteiger partial charge in [0, 0.05) is 5.41 Å². The molecule has 0 bridgehead atoms.